The van der Waals surface area contributed by atoms with Gasteiger partial charge in [0.15, 0.2) is 0 Å². The Bertz CT molecular complexity index is 1010. The van der Waals surface area contributed by atoms with E-state index >= 15 is 0 Å². The van der Waals surface area contributed by atoms with Crippen LogP contribution in [0.5, 0.6) is 5.75 Å². The van der Waals surface area contributed by atoms with Gasteiger partial charge < -0.3 is 15.4 Å². The summed E-state index contributed by atoms with van der Waals surface area (Å²) < 4.78 is 5.41. The largest absolute Gasteiger partial charge is 0.497 e. The fraction of sp³-hybridized carbons (Fsp3) is 0.280. The van der Waals surface area contributed by atoms with Gasteiger partial charge in [0.2, 0.25) is 5.91 Å². The molecule has 0 aliphatic heterocycles. The van der Waals surface area contributed by atoms with Crippen molar-refractivity contribution >= 4 is 28.6 Å². The van der Waals surface area contributed by atoms with Crippen molar-refractivity contribution in [2.24, 2.45) is 0 Å². The smallest absolute Gasteiger partial charge is 0.243 e. The third-order valence-electron chi connectivity index (χ3n) is 4.93. The number of ether oxygens (including phenoxy) is 1. The lowest BCUT2D eigenvalue weighted by atomic mass is 10.1. The average molecular weight is 404 g/mol. The number of carbonyl (C=O) groups excluding carboxylic acids is 1. The zero-order valence-electron chi connectivity index (χ0n) is 17.8. The van der Waals surface area contributed by atoms with Gasteiger partial charge in [0.25, 0.3) is 0 Å². The molecule has 5 heteroatoms. The van der Waals surface area contributed by atoms with Crippen LogP contribution < -0.4 is 15.4 Å². The molecule has 0 bridgehead atoms. The maximum Gasteiger partial charge on any atom is 0.243 e. The van der Waals surface area contributed by atoms with Gasteiger partial charge in [-0.2, -0.15) is 0 Å². The van der Waals surface area contributed by atoms with E-state index in [9.17, 15) is 4.79 Å². The average Bonchev–Trinajstić information content (AvgIpc) is 2.76. The van der Waals surface area contributed by atoms with Crippen LogP contribution in [0.1, 0.15) is 30.9 Å². The van der Waals surface area contributed by atoms with Crippen molar-refractivity contribution in [3.8, 4) is 5.75 Å². The normalized spacial score (nSPS) is 12.1. The number of fused-ring (bicyclic) bond motifs is 1. The molecular weight excluding hydrogens is 374 g/mol. The summed E-state index contributed by atoms with van der Waals surface area (Å²) in [6.45, 7) is 4.82. The number of hydrogen-bond acceptors (Lipinski definition) is 4. The highest BCUT2D eigenvalue weighted by Crippen LogP contribution is 2.28. The number of anilines is 1. The first-order valence-corrected chi connectivity index (χ1v) is 10.3. The number of benzene rings is 2. The first kappa shape index (κ1) is 21.4. The molecule has 0 fully saturated rings. The third kappa shape index (κ3) is 6.08. The minimum absolute atomic E-state index is 0.0702. The van der Waals surface area contributed by atoms with E-state index < -0.39 is 0 Å². The van der Waals surface area contributed by atoms with E-state index in [4.69, 9.17) is 4.74 Å². The molecule has 0 aliphatic carbocycles. The van der Waals surface area contributed by atoms with Gasteiger partial charge in [-0.15, -0.1) is 0 Å². The van der Waals surface area contributed by atoms with Crippen LogP contribution >= 0.6 is 0 Å². The van der Waals surface area contributed by atoms with Crippen molar-refractivity contribution < 1.29 is 9.53 Å². The third-order valence-corrected chi connectivity index (χ3v) is 4.93. The summed E-state index contributed by atoms with van der Waals surface area (Å²) in [7, 11) is 1.67. The Morgan fingerprint density at radius 1 is 1.20 bits per heavy atom. The quantitative estimate of drug-likeness (QED) is 0.391. The number of nitrogens with one attached hydrogen (secondary N) is 2. The van der Waals surface area contributed by atoms with Crippen LogP contribution in [-0.4, -0.2) is 30.6 Å². The second-order valence-corrected chi connectivity index (χ2v) is 7.47. The molecule has 5 nitrogen and oxygen atoms in total. The molecule has 0 radical (unpaired) electrons. The Kier molecular flexibility index (Phi) is 7.44. The molecule has 1 aromatic heterocycles. The Morgan fingerprint density at radius 3 is 2.77 bits per heavy atom. The minimum Gasteiger partial charge on any atom is -0.497 e. The molecule has 3 rings (SSSR count). The zero-order valence-corrected chi connectivity index (χ0v) is 17.8. The van der Waals surface area contributed by atoms with Crippen molar-refractivity contribution in [3.63, 3.8) is 0 Å². The summed E-state index contributed by atoms with van der Waals surface area (Å²) in [5.74, 6) is 0.733. The van der Waals surface area contributed by atoms with Crippen LogP contribution in [0, 0.1) is 6.92 Å². The van der Waals surface area contributed by atoms with Crippen molar-refractivity contribution in [2.75, 3.05) is 19.0 Å². The van der Waals surface area contributed by atoms with Crippen molar-refractivity contribution in [3.05, 3.63) is 71.9 Å². The summed E-state index contributed by atoms with van der Waals surface area (Å²) in [6, 6.07) is 16.2. The van der Waals surface area contributed by atoms with E-state index in [0.29, 0.717) is 6.54 Å². The summed E-state index contributed by atoms with van der Waals surface area (Å²) in [4.78, 5) is 16.5. The number of pyridine rings is 1. The van der Waals surface area contributed by atoms with Gasteiger partial charge in [0.05, 0.1) is 18.3 Å². The molecule has 0 saturated carbocycles. The van der Waals surface area contributed by atoms with Crippen LogP contribution in [-0.2, 0) is 4.79 Å². The lowest BCUT2D eigenvalue weighted by Gasteiger charge is -2.17. The molecule has 0 aliphatic rings. The molecule has 1 heterocycles. The lowest BCUT2D eigenvalue weighted by Crippen LogP contribution is -2.24. The Morgan fingerprint density at radius 2 is 2.00 bits per heavy atom. The Labute approximate surface area is 178 Å². The molecule has 0 spiro atoms. The van der Waals surface area contributed by atoms with Crippen molar-refractivity contribution in [1.82, 2.24) is 10.3 Å². The number of nitrogens with zero attached hydrogens (tertiary/aromatic N) is 1. The van der Waals surface area contributed by atoms with E-state index in [1.807, 2.05) is 61.5 Å². The van der Waals surface area contributed by atoms with Crippen molar-refractivity contribution in [1.29, 1.82) is 0 Å². The fourth-order valence-corrected chi connectivity index (χ4v) is 3.26. The van der Waals surface area contributed by atoms with Gasteiger partial charge in [0.1, 0.15) is 5.75 Å². The van der Waals surface area contributed by atoms with Gasteiger partial charge in [-0.05, 0) is 50.5 Å². The van der Waals surface area contributed by atoms with Crippen LogP contribution in [0.3, 0.4) is 0 Å². The Hall–Kier alpha value is -3.34. The van der Waals surface area contributed by atoms with E-state index in [1.54, 1.807) is 19.4 Å². The van der Waals surface area contributed by atoms with Gasteiger partial charge in [-0.3, -0.25) is 9.78 Å². The zero-order chi connectivity index (χ0) is 21.3. The maximum absolute atomic E-state index is 12.0. The monoisotopic (exact) mass is 403 g/mol. The molecule has 1 atom stereocenters. The molecule has 2 N–H and O–H groups in total. The predicted octanol–water partition coefficient (Wildman–Crippen LogP) is 4.96. The van der Waals surface area contributed by atoms with Gasteiger partial charge in [0, 0.05) is 36.3 Å². The SMILES string of the molecule is COc1cc(NC(C)CCCNC(=O)/C=C/c2ccc(C)cc2)c2ncccc2c1. The number of aromatic nitrogens is 1. The number of methoxy groups -OCH3 is 1. The molecular formula is C25H29N3O2. The highest BCUT2D eigenvalue weighted by atomic mass is 16.5. The van der Waals surface area contributed by atoms with Gasteiger partial charge >= 0.3 is 0 Å². The second kappa shape index (κ2) is 10.4. The van der Waals surface area contributed by atoms with Crippen molar-refractivity contribution in [2.45, 2.75) is 32.7 Å². The molecule has 2 aromatic carbocycles. The van der Waals surface area contributed by atoms with E-state index in [-0.39, 0.29) is 11.9 Å². The molecule has 0 saturated heterocycles. The first-order valence-electron chi connectivity index (χ1n) is 10.3. The van der Waals surface area contributed by atoms with Gasteiger partial charge in [-0.1, -0.05) is 35.9 Å². The van der Waals surface area contributed by atoms with E-state index in [1.165, 1.54) is 5.56 Å². The minimum atomic E-state index is -0.0702. The molecule has 1 unspecified atom stereocenters. The summed E-state index contributed by atoms with van der Waals surface area (Å²) in [5, 5.41) is 7.52. The standard InChI is InChI=1S/C25H29N3O2/c1-18-8-10-20(11-9-18)12-13-24(29)26-14-4-6-19(2)28-23-17-22(30-3)16-21-7-5-15-27-25(21)23/h5,7-13,15-17,19,28H,4,6,14H2,1-3H3,(H,26,29)/b13-12+. The summed E-state index contributed by atoms with van der Waals surface area (Å²) in [5.41, 5.74) is 4.12. The van der Waals surface area contributed by atoms with Crippen LogP contribution in [0.4, 0.5) is 5.69 Å². The number of rotatable bonds is 9. The highest BCUT2D eigenvalue weighted by molar-refractivity contribution is 5.92. The second-order valence-electron chi connectivity index (χ2n) is 7.47. The van der Waals surface area contributed by atoms with Gasteiger partial charge in [-0.25, -0.2) is 0 Å². The summed E-state index contributed by atoms with van der Waals surface area (Å²) in [6.07, 6.45) is 7.02. The maximum atomic E-state index is 12.0. The molecule has 30 heavy (non-hydrogen) atoms. The van der Waals surface area contributed by atoms with Crippen LogP contribution in [0.15, 0.2) is 60.8 Å². The van der Waals surface area contributed by atoms with E-state index in [2.05, 4.69) is 22.5 Å². The lowest BCUT2D eigenvalue weighted by molar-refractivity contribution is -0.116. The Balaban J connectivity index is 1.46. The molecule has 156 valence electrons. The summed E-state index contributed by atoms with van der Waals surface area (Å²) >= 11 is 0. The molecule has 1 amide bonds. The predicted molar refractivity (Wildman–Crippen MR) is 124 cm³/mol. The fourth-order valence-electron chi connectivity index (χ4n) is 3.26. The number of hydrogen-bond donors (Lipinski definition) is 2. The van der Waals surface area contributed by atoms with Crippen LogP contribution in [0.2, 0.25) is 0 Å². The molecule has 3 aromatic rings. The highest BCUT2D eigenvalue weighted by Gasteiger charge is 2.09. The first-order chi connectivity index (χ1) is 14.5. The number of amides is 1. The number of carbonyl (C=O) groups is 1. The van der Waals surface area contributed by atoms with E-state index in [0.717, 1.165) is 40.7 Å². The number of aryl methyl sites for hydroxylation is 1. The topological polar surface area (TPSA) is 63.2 Å². The van der Waals surface area contributed by atoms with Crippen LogP contribution in [0.25, 0.3) is 17.0 Å².